The van der Waals surface area contributed by atoms with Crippen molar-refractivity contribution in [1.29, 1.82) is 0 Å². The summed E-state index contributed by atoms with van der Waals surface area (Å²) in [6, 6.07) is 6.24. The lowest BCUT2D eigenvalue weighted by Crippen LogP contribution is -2.18. The highest BCUT2D eigenvalue weighted by molar-refractivity contribution is 6.02. The molecule has 0 saturated carbocycles. The number of rotatable bonds is 5. The van der Waals surface area contributed by atoms with Gasteiger partial charge < -0.3 is 14.8 Å². The summed E-state index contributed by atoms with van der Waals surface area (Å²) < 4.78 is 9.22. The van der Waals surface area contributed by atoms with Crippen LogP contribution in [0.15, 0.2) is 24.3 Å². The molecule has 0 fully saturated rings. The third-order valence-electron chi connectivity index (χ3n) is 2.18. The number of esters is 2. The van der Waals surface area contributed by atoms with Gasteiger partial charge in [0.05, 0.1) is 19.3 Å². The summed E-state index contributed by atoms with van der Waals surface area (Å²) in [5, 5.41) is 2.50. The number of hydrogen-bond donors (Lipinski definition) is 1. The van der Waals surface area contributed by atoms with Gasteiger partial charge in [-0.1, -0.05) is 6.07 Å². The van der Waals surface area contributed by atoms with Gasteiger partial charge >= 0.3 is 11.9 Å². The normalized spacial score (nSPS) is 9.58. The predicted molar refractivity (Wildman–Crippen MR) is 67.7 cm³/mol. The Morgan fingerprint density at radius 3 is 2.63 bits per heavy atom. The van der Waals surface area contributed by atoms with Crippen LogP contribution in [0, 0.1) is 0 Å². The van der Waals surface area contributed by atoms with Gasteiger partial charge in [-0.05, 0) is 25.1 Å². The molecule has 6 nitrogen and oxygen atoms in total. The topological polar surface area (TPSA) is 81.7 Å². The number of carbonyl (C=O) groups is 3. The van der Waals surface area contributed by atoms with E-state index in [-0.39, 0.29) is 13.0 Å². The second-order valence-electron chi connectivity index (χ2n) is 3.60. The molecule has 0 saturated heterocycles. The van der Waals surface area contributed by atoms with Gasteiger partial charge in [0, 0.05) is 5.69 Å². The molecule has 102 valence electrons. The molecule has 0 aliphatic rings. The number of methoxy groups -OCH3 is 1. The standard InChI is InChI=1S/C13H15NO5/c1-3-19-12(16)8-11(15)14-10-6-4-5-9(7-10)13(17)18-2/h4-7H,3,8H2,1-2H3,(H,14,15). The summed E-state index contributed by atoms with van der Waals surface area (Å²) >= 11 is 0. The van der Waals surface area contributed by atoms with Crippen molar-refractivity contribution in [2.75, 3.05) is 19.0 Å². The van der Waals surface area contributed by atoms with Crippen molar-refractivity contribution < 1.29 is 23.9 Å². The number of ether oxygens (including phenoxy) is 2. The van der Waals surface area contributed by atoms with Gasteiger partial charge in [0.2, 0.25) is 5.91 Å². The fourth-order valence-electron chi connectivity index (χ4n) is 1.39. The van der Waals surface area contributed by atoms with Crippen molar-refractivity contribution in [2.45, 2.75) is 13.3 Å². The Morgan fingerprint density at radius 2 is 2.00 bits per heavy atom. The van der Waals surface area contributed by atoms with Crippen LogP contribution in [0.5, 0.6) is 0 Å². The lowest BCUT2D eigenvalue weighted by atomic mass is 10.2. The Hall–Kier alpha value is -2.37. The Balaban J connectivity index is 2.64. The average molecular weight is 265 g/mol. The van der Waals surface area contributed by atoms with E-state index >= 15 is 0 Å². The Bertz CT molecular complexity index is 484. The van der Waals surface area contributed by atoms with Gasteiger partial charge in [0.25, 0.3) is 0 Å². The van der Waals surface area contributed by atoms with E-state index in [1.807, 2.05) is 0 Å². The fourth-order valence-corrected chi connectivity index (χ4v) is 1.39. The molecule has 0 radical (unpaired) electrons. The summed E-state index contributed by atoms with van der Waals surface area (Å²) in [5.41, 5.74) is 0.730. The minimum Gasteiger partial charge on any atom is -0.466 e. The zero-order valence-corrected chi connectivity index (χ0v) is 10.8. The number of nitrogens with one attached hydrogen (secondary N) is 1. The second-order valence-corrected chi connectivity index (χ2v) is 3.60. The molecule has 1 aromatic carbocycles. The van der Waals surface area contributed by atoms with Gasteiger partial charge in [-0.3, -0.25) is 9.59 Å². The third kappa shape index (κ3) is 4.79. The van der Waals surface area contributed by atoms with Crippen LogP contribution in [0.25, 0.3) is 0 Å². The monoisotopic (exact) mass is 265 g/mol. The molecule has 0 aromatic heterocycles. The highest BCUT2D eigenvalue weighted by Gasteiger charge is 2.11. The Labute approximate surface area is 110 Å². The molecule has 0 bridgehead atoms. The van der Waals surface area contributed by atoms with E-state index in [2.05, 4.69) is 14.8 Å². The van der Waals surface area contributed by atoms with E-state index in [1.165, 1.54) is 13.2 Å². The van der Waals surface area contributed by atoms with Crippen molar-refractivity contribution >= 4 is 23.5 Å². The van der Waals surface area contributed by atoms with Crippen LogP contribution >= 0.6 is 0 Å². The number of hydrogen-bond acceptors (Lipinski definition) is 5. The first-order valence-corrected chi connectivity index (χ1v) is 5.70. The first kappa shape index (κ1) is 14.7. The maximum absolute atomic E-state index is 11.5. The van der Waals surface area contributed by atoms with E-state index in [1.54, 1.807) is 25.1 Å². The molecule has 1 amide bonds. The Morgan fingerprint density at radius 1 is 1.26 bits per heavy atom. The number of anilines is 1. The van der Waals surface area contributed by atoms with Crippen LogP contribution in [-0.2, 0) is 19.1 Å². The first-order valence-electron chi connectivity index (χ1n) is 5.70. The van der Waals surface area contributed by atoms with Gasteiger partial charge in [-0.15, -0.1) is 0 Å². The molecule has 6 heteroatoms. The molecule has 0 heterocycles. The van der Waals surface area contributed by atoms with Crippen LogP contribution in [0.4, 0.5) is 5.69 Å². The van der Waals surface area contributed by atoms with E-state index in [0.29, 0.717) is 11.3 Å². The maximum Gasteiger partial charge on any atom is 0.337 e. The molecule has 1 rings (SSSR count). The molecular formula is C13H15NO5. The van der Waals surface area contributed by atoms with E-state index in [0.717, 1.165) is 0 Å². The number of amides is 1. The molecular weight excluding hydrogens is 250 g/mol. The molecule has 1 aromatic rings. The Kier molecular flexibility index (Phi) is 5.53. The lowest BCUT2D eigenvalue weighted by Gasteiger charge is -2.06. The number of carbonyl (C=O) groups excluding carboxylic acids is 3. The van der Waals surface area contributed by atoms with Crippen molar-refractivity contribution in [1.82, 2.24) is 0 Å². The maximum atomic E-state index is 11.5. The molecule has 0 aliphatic heterocycles. The molecule has 0 unspecified atom stereocenters. The van der Waals surface area contributed by atoms with Crippen LogP contribution in [0.3, 0.4) is 0 Å². The quantitative estimate of drug-likeness (QED) is 0.642. The molecule has 0 spiro atoms. The van der Waals surface area contributed by atoms with E-state index in [4.69, 9.17) is 0 Å². The lowest BCUT2D eigenvalue weighted by molar-refractivity contribution is -0.145. The van der Waals surface area contributed by atoms with Crippen LogP contribution in [0.1, 0.15) is 23.7 Å². The molecule has 19 heavy (non-hydrogen) atoms. The second kappa shape index (κ2) is 7.15. The van der Waals surface area contributed by atoms with Gasteiger partial charge in [-0.25, -0.2) is 4.79 Å². The average Bonchev–Trinajstić information content (AvgIpc) is 2.38. The van der Waals surface area contributed by atoms with Crippen LogP contribution in [0.2, 0.25) is 0 Å². The summed E-state index contributed by atoms with van der Waals surface area (Å²) in [4.78, 5) is 33.9. The van der Waals surface area contributed by atoms with Gasteiger partial charge in [0.1, 0.15) is 6.42 Å². The summed E-state index contributed by atoms with van der Waals surface area (Å²) in [6.45, 7) is 1.89. The largest absolute Gasteiger partial charge is 0.466 e. The fraction of sp³-hybridized carbons (Fsp3) is 0.308. The third-order valence-corrected chi connectivity index (χ3v) is 2.18. The molecule has 0 aliphatic carbocycles. The minimum atomic E-state index is -0.593. The first-order chi connectivity index (χ1) is 9.06. The van der Waals surface area contributed by atoms with Crippen molar-refractivity contribution in [3.8, 4) is 0 Å². The number of benzene rings is 1. The van der Waals surface area contributed by atoms with E-state index in [9.17, 15) is 14.4 Å². The highest BCUT2D eigenvalue weighted by atomic mass is 16.5. The summed E-state index contributed by atoms with van der Waals surface area (Å²) in [5.74, 6) is -1.59. The van der Waals surface area contributed by atoms with Crippen molar-refractivity contribution in [2.24, 2.45) is 0 Å². The summed E-state index contributed by atoms with van der Waals surface area (Å²) in [6.07, 6.45) is -0.365. The van der Waals surface area contributed by atoms with Crippen molar-refractivity contribution in [3.63, 3.8) is 0 Å². The zero-order chi connectivity index (χ0) is 14.3. The highest BCUT2D eigenvalue weighted by Crippen LogP contribution is 2.11. The van der Waals surface area contributed by atoms with Gasteiger partial charge in [0.15, 0.2) is 0 Å². The SMILES string of the molecule is CCOC(=O)CC(=O)Nc1cccc(C(=O)OC)c1. The van der Waals surface area contributed by atoms with Gasteiger partial charge in [-0.2, -0.15) is 0 Å². The minimum absolute atomic E-state index is 0.226. The molecule has 1 N–H and O–H groups in total. The zero-order valence-electron chi connectivity index (χ0n) is 10.8. The summed E-state index contributed by atoms with van der Waals surface area (Å²) in [7, 11) is 1.27. The van der Waals surface area contributed by atoms with E-state index < -0.39 is 17.8 Å². The van der Waals surface area contributed by atoms with Crippen molar-refractivity contribution in [3.05, 3.63) is 29.8 Å². The predicted octanol–water partition coefficient (Wildman–Crippen LogP) is 1.36. The smallest absolute Gasteiger partial charge is 0.337 e. The van der Waals surface area contributed by atoms with Crippen LogP contribution < -0.4 is 5.32 Å². The molecule has 0 atom stereocenters. The van der Waals surface area contributed by atoms with Crippen LogP contribution in [-0.4, -0.2) is 31.6 Å².